The lowest BCUT2D eigenvalue weighted by atomic mass is 9.99. The van der Waals surface area contributed by atoms with E-state index in [-0.39, 0.29) is 11.9 Å². The van der Waals surface area contributed by atoms with Gasteiger partial charge in [-0.15, -0.1) is 0 Å². The molecule has 0 spiro atoms. The van der Waals surface area contributed by atoms with Crippen LogP contribution in [0.5, 0.6) is 11.5 Å². The van der Waals surface area contributed by atoms with Gasteiger partial charge in [-0.1, -0.05) is 72.1 Å². The average Bonchev–Trinajstić information content (AvgIpc) is 2.81. The van der Waals surface area contributed by atoms with Crippen LogP contribution in [0.15, 0.2) is 36.7 Å². The van der Waals surface area contributed by atoms with Crippen molar-refractivity contribution in [1.82, 2.24) is 9.97 Å². The summed E-state index contributed by atoms with van der Waals surface area (Å²) in [4.78, 5) is 21.3. The average molecular weight is 441 g/mol. The Hall–Kier alpha value is -2.43. The number of carbonyl (C=O) groups excluding carboxylic acids is 1. The van der Waals surface area contributed by atoms with Crippen LogP contribution in [-0.2, 0) is 4.79 Å². The highest BCUT2D eigenvalue weighted by Crippen LogP contribution is 2.23. The van der Waals surface area contributed by atoms with Crippen LogP contribution in [0, 0.1) is 5.92 Å². The van der Waals surface area contributed by atoms with E-state index in [1.54, 1.807) is 24.5 Å². The van der Waals surface area contributed by atoms with Crippen molar-refractivity contribution >= 4 is 5.97 Å². The molecule has 0 radical (unpaired) electrons. The minimum atomic E-state index is -0.139. The van der Waals surface area contributed by atoms with Gasteiger partial charge in [0.05, 0.1) is 24.9 Å². The second kappa shape index (κ2) is 15.4. The number of ether oxygens (including phenoxy) is 2. The van der Waals surface area contributed by atoms with Crippen molar-refractivity contribution in [2.45, 2.75) is 91.4 Å². The number of rotatable bonds is 16. The second-order valence-electron chi connectivity index (χ2n) is 8.43. The van der Waals surface area contributed by atoms with E-state index in [1.165, 1.54) is 38.5 Å². The van der Waals surface area contributed by atoms with Crippen molar-refractivity contribution in [2.24, 2.45) is 5.92 Å². The number of carbonyl (C=O) groups is 1. The maximum Gasteiger partial charge on any atom is 0.314 e. The van der Waals surface area contributed by atoms with Crippen molar-refractivity contribution < 1.29 is 14.3 Å². The van der Waals surface area contributed by atoms with Gasteiger partial charge in [-0.2, -0.15) is 0 Å². The van der Waals surface area contributed by atoms with E-state index in [0.29, 0.717) is 23.9 Å². The quantitative estimate of drug-likeness (QED) is 0.155. The third-order valence-corrected chi connectivity index (χ3v) is 5.58. The van der Waals surface area contributed by atoms with Gasteiger partial charge in [0.1, 0.15) is 5.75 Å². The molecule has 2 aromatic rings. The zero-order chi connectivity index (χ0) is 23.0. The molecular weight excluding hydrogens is 400 g/mol. The van der Waals surface area contributed by atoms with E-state index in [1.807, 2.05) is 12.1 Å². The van der Waals surface area contributed by atoms with Gasteiger partial charge in [-0.3, -0.25) is 4.79 Å². The monoisotopic (exact) mass is 440 g/mol. The lowest BCUT2D eigenvalue weighted by Gasteiger charge is -2.14. The molecule has 1 aromatic heterocycles. The first-order chi connectivity index (χ1) is 15.7. The van der Waals surface area contributed by atoms with Crippen LogP contribution < -0.4 is 9.47 Å². The normalized spacial score (nSPS) is 11.0. The minimum absolute atomic E-state index is 0.0263. The SMILES string of the molecule is CCCCCCCCCOc1cnc(-c2ccc(OC(=O)C(CCC)CCC)cc2)nc1. The van der Waals surface area contributed by atoms with Crippen molar-refractivity contribution in [3.05, 3.63) is 36.7 Å². The summed E-state index contributed by atoms with van der Waals surface area (Å²) in [6.07, 6.45) is 16.0. The molecule has 0 atom stereocenters. The van der Waals surface area contributed by atoms with Gasteiger partial charge in [-0.25, -0.2) is 9.97 Å². The highest BCUT2D eigenvalue weighted by atomic mass is 16.5. The summed E-state index contributed by atoms with van der Waals surface area (Å²) in [5.41, 5.74) is 0.877. The first kappa shape index (κ1) is 25.8. The predicted octanol–water partition coefficient (Wildman–Crippen LogP) is 7.39. The fourth-order valence-electron chi connectivity index (χ4n) is 3.74. The summed E-state index contributed by atoms with van der Waals surface area (Å²) < 4.78 is 11.4. The van der Waals surface area contributed by atoms with Crippen LogP contribution in [0.1, 0.15) is 91.4 Å². The Kier molecular flexibility index (Phi) is 12.4. The maximum absolute atomic E-state index is 12.4. The standard InChI is InChI=1S/C27H40N2O3/c1-4-7-8-9-10-11-12-19-31-25-20-28-26(29-21-25)22-15-17-24(18-16-22)32-27(30)23(13-5-2)14-6-3/h15-18,20-21,23H,4-14,19H2,1-3H3. The topological polar surface area (TPSA) is 61.3 Å². The second-order valence-corrected chi connectivity index (χ2v) is 8.43. The zero-order valence-corrected chi connectivity index (χ0v) is 20.1. The molecule has 0 bridgehead atoms. The largest absolute Gasteiger partial charge is 0.490 e. The van der Waals surface area contributed by atoms with Crippen LogP contribution >= 0.6 is 0 Å². The first-order valence-electron chi connectivity index (χ1n) is 12.4. The van der Waals surface area contributed by atoms with Crippen molar-refractivity contribution in [1.29, 1.82) is 0 Å². The van der Waals surface area contributed by atoms with E-state index >= 15 is 0 Å². The van der Waals surface area contributed by atoms with Gasteiger partial charge in [0, 0.05) is 5.56 Å². The molecule has 0 unspecified atom stereocenters. The molecule has 2 rings (SSSR count). The lowest BCUT2D eigenvalue weighted by Crippen LogP contribution is -2.20. The Morgan fingerprint density at radius 1 is 0.781 bits per heavy atom. The molecule has 0 aliphatic heterocycles. The van der Waals surface area contributed by atoms with E-state index in [9.17, 15) is 4.79 Å². The Morgan fingerprint density at radius 3 is 1.97 bits per heavy atom. The number of benzene rings is 1. The Labute approximate surface area is 194 Å². The third-order valence-electron chi connectivity index (χ3n) is 5.58. The highest BCUT2D eigenvalue weighted by Gasteiger charge is 2.19. The number of esters is 1. The van der Waals surface area contributed by atoms with E-state index in [0.717, 1.165) is 37.7 Å². The van der Waals surface area contributed by atoms with Gasteiger partial charge >= 0.3 is 5.97 Å². The van der Waals surface area contributed by atoms with Crippen LogP contribution in [-0.4, -0.2) is 22.5 Å². The number of aromatic nitrogens is 2. The Bertz CT molecular complexity index is 753. The summed E-state index contributed by atoms with van der Waals surface area (Å²) in [6, 6.07) is 7.37. The first-order valence-corrected chi connectivity index (χ1v) is 12.4. The molecule has 0 aliphatic rings. The van der Waals surface area contributed by atoms with Gasteiger partial charge in [0.15, 0.2) is 11.6 Å². The van der Waals surface area contributed by atoms with Crippen molar-refractivity contribution in [2.75, 3.05) is 6.61 Å². The van der Waals surface area contributed by atoms with Gasteiger partial charge in [0.25, 0.3) is 0 Å². The molecule has 5 nitrogen and oxygen atoms in total. The maximum atomic E-state index is 12.4. The highest BCUT2D eigenvalue weighted by molar-refractivity contribution is 5.75. The molecule has 0 aliphatic carbocycles. The minimum Gasteiger partial charge on any atom is -0.490 e. The fraction of sp³-hybridized carbons (Fsp3) is 0.593. The van der Waals surface area contributed by atoms with Gasteiger partial charge < -0.3 is 9.47 Å². The van der Waals surface area contributed by atoms with Crippen LogP contribution in [0.3, 0.4) is 0 Å². The van der Waals surface area contributed by atoms with Crippen LogP contribution in [0.2, 0.25) is 0 Å². The molecular formula is C27H40N2O3. The molecule has 176 valence electrons. The number of nitrogens with zero attached hydrogens (tertiary/aromatic N) is 2. The number of hydrogen-bond acceptors (Lipinski definition) is 5. The van der Waals surface area contributed by atoms with Gasteiger partial charge in [0.2, 0.25) is 0 Å². The molecule has 1 aromatic carbocycles. The zero-order valence-electron chi connectivity index (χ0n) is 20.1. The molecule has 5 heteroatoms. The third kappa shape index (κ3) is 9.37. The molecule has 1 heterocycles. The van der Waals surface area contributed by atoms with Crippen molar-refractivity contribution in [3.63, 3.8) is 0 Å². The van der Waals surface area contributed by atoms with Crippen LogP contribution in [0.4, 0.5) is 0 Å². The van der Waals surface area contributed by atoms with E-state index in [2.05, 4.69) is 30.7 Å². The molecule has 0 saturated heterocycles. The summed E-state index contributed by atoms with van der Waals surface area (Å²) in [6.45, 7) is 7.13. The molecule has 0 fully saturated rings. The predicted molar refractivity (Wildman–Crippen MR) is 130 cm³/mol. The number of unbranched alkanes of at least 4 members (excludes halogenated alkanes) is 6. The van der Waals surface area contributed by atoms with E-state index < -0.39 is 0 Å². The molecule has 32 heavy (non-hydrogen) atoms. The lowest BCUT2D eigenvalue weighted by molar-refractivity contribution is -0.139. The van der Waals surface area contributed by atoms with Gasteiger partial charge in [-0.05, 0) is 43.5 Å². The number of hydrogen-bond donors (Lipinski definition) is 0. The van der Waals surface area contributed by atoms with Crippen molar-refractivity contribution in [3.8, 4) is 22.9 Å². The molecule has 0 N–H and O–H groups in total. The van der Waals surface area contributed by atoms with E-state index in [4.69, 9.17) is 9.47 Å². The molecule has 0 saturated carbocycles. The Morgan fingerprint density at radius 2 is 1.38 bits per heavy atom. The smallest absolute Gasteiger partial charge is 0.314 e. The Balaban J connectivity index is 1.78. The molecule has 0 amide bonds. The van der Waals surface area contributed by atoms with Crippen LogP contribution in [0.25, 0.3) is 11.4 Å². The summed E-state index contributed by atoms with van der Waals surface area (Å²) in [5.74, 6) is 1.72. The summed E-state index contributed by atoms with van der Waals surface area (Å²) >= 11 is 0. The fourth-order valence-corrected chi connectivity index (χ4v) is 3.74. The summed E-state index contributed by atoms with van der Waals surface area (Å²) in [7, 11) is 0. The summed E-state index contributed by atoms with van der Waals surface area (Å²) in [5, 5.41) is 0.